The highest BCUT2D eigenvalue weighted by molar-refractivity contribution is 7.89. The Bertz CT molecular complexity index is 1260. The number of hydrogen-bond donors (Lipinski definition) is 2. The van der Waals surface area contributed by atoms with Crippen molar-refractivity contribution in [3.8, 4) is 11.5 Å². The fourth-order valence-corrected chi connectivity index (χ4v) is 5.10. The maximum atomic E-state index is 11.7. The van der Waals surface area contributed by atoms with Crippen LogP contribution in [0.5, 0.6) is 11.5 Å². The number of sulfonamides is 1. The molecule has 0 spiro atoms. The van der Waals surface area contributed by atoms with Gasteiger partial charge < -0.3 is 19.2 Å². The van der Waals surface area contributed by atoms with Crippen LogP contribution >= 0.6 is 11.6 Å². The van der Waals surface area contributed by atoms with Crippen LogP contribution in [0.15, 0.2) is 39.6 Å². The molecule has 0 bridgehead atoms. The Morgan fingerprint density at radius 2 is 2.00 bits per heavy atom. The van der Waals surface area contributed by atoms with E-state index in [4.69, 9.17) is 30.6 Å². The molecule has 2 aromatic carbocycles. The average Bonchev–Trinajstić information content (AvgIpc) is 3.19. The third kappa shape index (κ3) is 5.75. The minimum Gasteiger partial charge on any atom is -0.493 e. The fraction of sp³-hybridized carbons (Fsp3) is 0.435. The van der Waals surface area contributed by atoms with Crippen molar-refractivity contribution in [1.29, 1.82) is 0 Å². The summed E-state index contributed by atoms with van der Waals surface area (Å²) in [7, 11) is -2.30. The lowest BCUT2D eigenvalue weighted by Gasteiger charge is -2.32. The highest BCUT2D eigenvalue weighted by Gasteiger charge is 2.22. The molecule has 184 valence electrons. The number of nitrogens with two attached hydrogens (primary N) is 1. The molecule has 11 heteroatoms. The Morgan fingerprint density at radius 1 is 1.24 bits per heavy atom. The molecule has 1 aliphatic rings. The zero-order valence-electron chi connectivity index (χ0n) is 19.2. The molecule has 3 aromatic rings. The molecule has 0 radical (unpaired) electrons. The number of nitrogens with zero attached hydrogens (tertiary/aromatic N) is 2. The number of oxazole rings is 1. The summed E-state index contributed by atoms with van der Waals surface area (Å²) in [5.41, 5.74) is 1.96. The van der Waals surface area contributed by atoms with Crippen LogP contribution in [0, 0.1) is 0 Å². The van der Waals surface area contributed by atoms with E-state index in [1.165, 1.54) is 17.7 Å². The Kier molecular flexibility index (Phi) is 7.51. The number of piperidine rings is 1. The van der Waals surface area contributed by atoms with Crippen LogP contribution in [-0.2, 0) is 16.6 Å². The molecule has 0 aliphatic carbocycles. The van der Waals surface area contributed by atoms with Crippen molar-refractivity contribution in [3.63, 3.8) is 0 Å². The van der Waals surface area contributed by atoms with Crippen molar-refractivity contribution in [2.45, 2.75) is 43.7 Å². The van der Waals surface area contributed by atoms with Crippen molar-refractivity contribution >= 4 is 38.7 Å². The van der Waals surface area contributed by atoms with Gasteiger partial charge in [-0.2, -0.15) is 4.98 Å². The van der Waals surface area contributed by atoms with Gasteiger partial charge in [0.2, 0.25) is 10.0 Å². The van der Waals surface area contributed by atoms with E-state index < -0.39 is 10.0 Å². The van der Waals surface area contributed by atoms with Gasteiger partial charge in [0.15, 0.2) is 17.1 Å². The first-order valence-corrected chi connectivity index (χ1v) is 13.1. The Labute approximate surface area is 204 Å². The van der Waals surface area contributed by atoms with Gasteiger partial charge in [0.25, 0.3) is 6.01 Å². The first-order valence-electron chi connectivity index (χ1n) is 11.2. The first-order chi connectivity index (χ1) is 16.3. The molecule has 34 heavy (non-hydrogen) atoms. The number of halogens is 1. The summed E-state index contributed by atoms with van der Waals surface area (Å²) in [4.78, 5) is 6.61. The van der Waals surface area contributed by atoms with Gasteiger partial charge in [-0.25, -0.2) is 13.6 Å². The fourth-order valence-electron chi connectivity index (χ4n) is 4.02. The number of nitrogens with one attached hydrogen (secondary N) is 1. The predicted octanol–water partition coefficient (Wildman–Crippen LogP) is 4.00. The minimum absolute atomic E-state index is 0.0185. The monoisotopic (exact) mass is 508 g/mol. The summed E-state index contributed by atoms with van der Waals surface area (Å²) >= 11 is 6.04. The Balaban J connectivity index is 1.36. The van der Waals surface area contributed by atoms with Gasteiger partial charge in [0, 0.05) is 31.7 Å². The average molecular weight is 509 g/mol. The normalized spacial score (nSPS) is 15.5. The van der Waals surface area contributed by atoms with E-state index in [1.807, 2.05) is 6.07 Å². The van der Waals surface area contributed by atoms with E-state index in [0.717, 1.165) is 50.4 Å². The number of fused-ring (bicyclic) bond motifs is 1. The van der Waals surface area contributed by atoms with Gasteiger partial charge in [0.05, 0.1) is 18.7 Å². The highest BCUT2D eigenvalue weighted by Crippen LogP contribution is 2.31. The van der Waals surface area contributed by atoms with Crippen LogP contribution in [-0.4, -0.2) is 51.1 Å². The van der Waals surface area contributed by atoms with Crippen LogP contribution in [0.3, 0.4) is 0 Å². The largest absolute Gasteiger partial charge is 0.493 e. The number of methoxy groups -OCH3 is 1. The molecule has 4 rings (SSSR count). The van der Waals surface area contributed by atoms with Crippen LogP contribution in [0.25, 0.3) is 11.1 Å². The van der Waals surface area contributed by atoms with Crippen molar-refractivity contribution in [3.05, 3.63) is 40.9 Å². The predicted molar refractivity (Wildman–Crippen MR) is 131 cm³/mol. The van der Waals surface area contributed by atoms with Crippen LogP contribution in [0.1, 0.15) is 31.7 Å². The first kappa shape index (κ1) is 24.6. The molecule has 1 saturated heterocycles. The minimum atomic E-state index is -3.95. The standard InChI is InChI=1S/C23H29ClN4O5S/c1-3-10-32-21-11-15(4-5-19(21)31-2)14-28-8-6-16(7-9-28)26-23-27-18-12-17(24)22(34(25,29)30)13-20(18)33-23/h4-5,11-13,16H,3,6-10,14H2,1-2H3,(H,26,27)(H2,25,29,30). The second kappa shape index (κ2) is 10.4. The molecule has 9 nitrogen and oxygen atoms in total. The number of ether oxygens (including phenoxy) is 2. The number of rotatable bonds is 9. The van der Waals surface area contributed by atoms with Crippen molar-refractivity contribution in [1.82, 2.24) is 9.88 Å². The third-order valence-electron chi connectivity index (χ3n) is 5.76. The molecule has 0 atom stereocenters. The van der Waals surface area contributed by atoms with Gasteiger partial charge >= 0.3 is 0 Å². The smallest absolute Gasteiger partial charge is 0.295 e. The number of primary sulfonamides is 1. The number of anilines is 1. The SMILES string of the molecule is CCCOc1cc(CN2CCC(Nc3nc4cc(Cl)c(S(N)(=O)=O)cc4o3)CC2)ccc1OC. The van der Waals surface area contributed by atoms with Gasteiger partial charge in [0.1, 0.15) is 10.4 Å². The van der Waals surface area contributed by atoms with E-state index in [9.17, 15) is 8.42 Å². The van der Waals surface area contributed by atoms with E-state index in [-0.39, 0.29) is 16.0 Å². The molecule has 0 saturated carbocycles. The molecular formula is C23H29ClN4O5S. The lowest BCUT2D eigenvalue weighted by atomic mass is 10.0. The zero-order valence-corrected chi connectivity index (χ0v) is 20.8. The molecule has 1 aliphatic heterocycles. The summed E-state index contributed by atoms with van der Waals surface area (Å²) < 4.78 is 40.3. The molecule has 0 unspecified atom stereocenters. The number of hydrogen-bond acceptors (Lipinski definition) is 8. The second-order valence-electron chi connectivity index (χ2n) is 8.34. The van der Waals surface area contributed by atoms with E-state index in [1.54, 1.807) is 7.11 Å². The summed E-state index contributed by atoms with van der Waals surface area (Å²) in [5.74, 6) is 1.52. The summed E-state index contributed by atoms with van der Waals surface area (Å²) in [5, 5.41) is 8.54. The second-order valence-corrected chi connectivity index (χ2v) is 10.3. The van der Waals surface area contributed by atoms with Crippen LogP contribution in [0.4, 0.5) is 6.01 Å². The maximum absolute atomic E-state index is 11.7. The maximum Gasteiger partial charge on any atom is 0.295 e. The molecule has 1 fully saturated rings. The highest BCUT2D eigenvalue weighted by atomic mass is 35.5. The number of benzene rings is 2. The molecule has 3 N–H and O–H groups in total. The number of likely N-dealkylation sites (tertiary alicyclic amines) is 1. The van der Waals surface area contributed by atoms with Gasteiger partial charge in [-0.1, -0.05) is 24.6 Å². The summed E-state index contributed by atoms with van der Waals surface area (Å²) in [6.07, 6.45) is 2.77. The lowest BCUT2D eigenvalue weighted by Crippen LogP contribution is -2.38. The number of aromatic nitrogens is 1. The van der Waals surface area contributed by atoms with Crippen LogP contribution in [0.2, 0.25) is 5.02 Å². The topological polar surface area (TPSA) is 120 Å². The van der Waals surface area contributed by atoms with Crippen LogP contribution < -0.4 is 19.9 Å². The molecule has 2 heterocycles. The van der Waals surface area contributed by atoms with E-state index >= 15 is 0 Å². The van der Waals surface area contributed by atoms with Crippen molar-refractivity contribution < 1.29 is 22.3 Å². The lowest BCUT2D eigenvalue weighted by molar-refractivity contribution is 0.209. The zero-order chi connectivity index (χ0) is 24.3. The molecule has 0 amide bonds. The molecular weight excluding hydrogens is 480 g/mol. The van der Waals surface area contributed by atoms with E-state index in [2.05, 4.69) is 34.3 Å². The van der Waals surface area contributed by atoms with E-state index in [0.29, 0.717) is 23.7 Å². The van der Waals surface area contributed by atoms with Crippen molar-refractivity contribution in [2.24, 2.45) is 5.14 Å². The Morgan fingerprint density at radius 3 is 2.68 bits per heavy atom. The van der Waals surface area contributed by atoms with Crippen molar-refractivity contribution in [2.75, 3.05) is 32.1 Å². The quantitative estimate of drug-likeness (QED) is 0.445. The molecule has 1 aromatic heterocycles. The third-order valence-corrected chi connectivity index (χ3v) is 7.14. The van der Waals surface area contributed by atoms with Gasteiger partial charge in [-0.05, 0) is 43.0 Å². The Hall–Kier alpha value is -2.53. The van der Waals surface area contributed by atoms with Gasteiger partial charge in [-0.3, -0.25) is 4.90 Å². The summed E-state index contributed by atoms with van der Waals surface area (Å²) in [6.45, 7) is 5.39. The van der Waals surface area contributed by atoms with Gasteiger partial charge in [-0.15, -0.1) is 0 Å². The summed E-state index contributed by atoms with van der Waals surface area (Å²) in [6, 6.07) is 9.36.